The second-order valence-electron chi connectivity index (χ2n) is 6.28. The maximum Gasteiger partial charge on any atom is 0.330 e. The van der Waals surface area contributed by atoms with E-state index in [2.05, 4.69) is 40.9 Å². The molecule has 0 saturated heterocycles. The third-order valence-electron chi connectivity index (χ3n) is 2.85. The molecule has 0 amide bonds. The van der Waals surface area contributed by atoms with Crippen molar-refractivity contribution >= 4 is 11.9 Å². The van der Waals surface area contributed by atoms with Crippen LogP contribution in [0.1, 0.15) is 60.3 Å². The molecule has 0 aliphatic carbocycles. The first-order valence-electron chi connectivity index (χ1n) is 7.84. The average molecular weight is 312 g/mol. The van der Waals surface area contributed by atoms with Crippen LogP contribution in [0.5, 0.6) is 0 Å². The Morgan fingerprint density at radius 3 is 2.05 bits per heavy atom. The summed E-state index contributed by atoms with van der Waals surface area (Å²) in [5.41, 5.74) is 0.325. The van der Waals surface area contributed by atoms with E-state index in [0.29, 0.717) is 23.8 Å². The van der Waals surface area contributed by atoms with Crippen LogP contribution in [0.15, 0.2) is 24.8 Å². The van der Waals surface area contributed by atoms with Crippen LogP contribution in [0.3, 0.4) is 0 Å². The van der Waals surface area contributed by atoms with Gasteiger partial charge in [-0.2, -0.15) is 0 Å². The summed E-state index contributed by atoms with van der Waals surface area (Å²) in [6.07, 6.45) is 4.72. The van der Waals surface area contributed by atoms with Crippen LogP contribution in [-0.4, -0.2) is 23.1 Å². The third-order valence-corrected chi connectivity index (χ3v) is 2.85. The zero-order valence-electron chi connectivity index (χ0n) is 14.7. The molecule has 0 radical (unpaired) electrons. The average Bonchev–Trinajstić information content (AvgIpc) is 2.37. The molecule has 0 aromatic rings. The lowest BCUT2D eigenvalue weighted by Crippen LogP contribution is -2.14. The van der Waals surface area contributed by atoms with Crippen molar-refractivity contribution in [1.29, 1.82) is 0 Å². The van der Waals surface area contributed by atoms with Crippen molar-refractivity contribution in [3.63, 3.8) is 0 Å². The van der Waals surface area contributed by atoms with Gasteiger partial charge in [-0.25, -0.2) is 9.59 Å². The van der Waals surface area contributed by atoms with Crippen LogP contribution < -0.4 is 0 Å². The second kappa shape index (κ2) is 13.1. The number of aliphatic carboxylic acids is 1. The van der Waals surface area contributed by atoms with Crippen LogP contribution in [0.25, 0.3) is 0 Å². The highest BCUT2D eigenvalue weighted by atomic mass is 16.5. The van der Waals surface area contributed by atoms with E-state index < -0.39 is 5.97 Å². The summed E-state index contributed by atoms with van der Waals surface area (Å²) < 4.78 is 4.95. The highest BCUT2D eigenvalue weighted by molar-refractivity contribution is 5.85. The van der Waals surface area contributed by atoms with E-state index in [1.807, 2.05) is 6.92 Å². The fourth-order valence-corrected chi connectivity index (χ4v) is 1.79. The molecule has 22 heavy (non-hydrogen) atoms. The summed E-state index contributed by atoms with van der Waals surface area (Å²) >= 11 is 0. The van der Waals surface area contributed by atoms with E-state index >= 15 is 0 Å². The minimum atomic E-state index is -0.867. The van der Waals surface area contributed by atoms with E-state index in [9.17, 15) is 9.59 Å². The van der Waals surface area contributed by atoms with E-state index in [-0.39, 0.29) is 12.1 Å². The number of ether oxygens (including phenoxy) is 1. The lowest BCUT2D eigenvalue weighted by atomic mass is 10.0. The van der Waals surface area contributed by atoms with E-state index in [1.165, 1.54) is 6.08 Å². The molecule has 0 aromatic carbocycles. The lowest BCUT2D eigenvalue weighted by molar-refractivity contribution is -0.142. The second-order valence-corrected chi connectivity index (χ2v) is 6.28. The first-order chi connectivity index (χ1) is 10.1. The maximum atomic E-state index is 10.7. The van der Waals surface area contributed by atoms with Crippen molar-refractivity contribution < 1.29 is 19.4 Å². The molecule has 0 aliphatic rings. The highest BCUT2D eigenvalue weighted by Crippen LogP contribution is 2.10. The molecule has 4 nitrogen and oxygen atoms in total. The van der Waals surface area contributed by atoms with Gasteiger partial charge in [-0.05, 0) is 38.0 Å². The Kier molecular flexibility index (Phi) is 13.5. The number of rotatable bonds is 9. The maximum absolute atomic E-state index is 10.7. The first kappa shape index (κ1) is 22.7. The summed E-state index contributed by atoms with van der Waals surface area (Å²) in [5, 5.41) is 8.45. The van der Waals surface area contributed by atoms with Gasteiger partial charge in [0.25, 0.3) is 0 Å². The normalized spacial score (nSPS) is 11.4. The predicted molar refractivity (Wildman–Crippen MR) is 90.7 cm³/mol. The summed E-state index contributed by atoms with van der Waals surface area (Å²) in [4.78, 5) is 20.9. The minimum absolute atomic E-state index is 0.000463. The van der Waals surface area contributed by atoms with Crippen LogP contribution in [-0.2, 0) is 14.3 Å². The fourth-order valence-electron chi connectivity index (χ4n) is 1.79. The Morgan fingerprint density at radius 2 is 1.68 bits per heavy atom. The van der Waals surface area contributed by atoms with Crippen molar-refractivity contribution in [3.8, 4) is 0 Å². The first-order valence-corrected chi connectivity index (χ1v) is 7.84. The molecule has 0 saturated carbocycles. The summed E-state index contributed by atoms with van der Waals surface area (Å²) in [6.45, 7) is 17.1. The monoisotopic (exact) mass is 312 g/mol. The molecule has 1 atom stereocenters. The van der Waals surface area contributed by atoms with Crippen LogP contribution in [0.4, 0.5) is 0 Å². The van der Waals surface area contributed by atoms with Crippen LogP contribution in [0.2, 0.25) is 0 Å². The Hall–Kier alpha value is -1.58. The lowest BCUT2D eigenvalue weighted by Gasteiger charge is -2.13. The molecule has 4 heteroatoms. The summed E-state index contributed by atoms with van der Waals surface area (Å²) in [6, 6.07) is 0. The number of carbonyl (C=O) groups is 2. The summed E-state index contributed by atoms with van der Waals surface area (Å²) in [5.74, 6) is 0.00566. The SMILES string of the molecule is C=C(CCCC(C)C)C(=O)O.C=CC(=O)OC(C)CC(C)C. The zero-order chi connectivity index (χ0) is 17.7. The Morgan fingerprint density at radius 1 is 1.14 bits per heavy atom. The number of hydrogen-bond acceptors (Lipinski definition) is 3. The van der Waals surface area contributed by atoms with Crippen LogP contribution in [0, 0.1) is 11.8 Å². The molecular formula is C18H32O4. The van der Waals surface area contributed by atoms with E-state index in [4.69, 9.17) is 9.84 Å². The molecule has 0 heterocycles. The molecule has 0 fully saturated rings. The number of carboxylic acid groups (broad SMARTS) is 1. The molecule has 0 rings (SSSR count). The van der Waals surface area contributed by atoms with Gasteiger partial charge in [0, 0.05) is 11.6 Å². The van der Waals surface area contributed by atoms with Crippen molar-refractivity contribution in [2.45, 2.75) is 66.4 Å². The molecule has 0 bridgehead atoms. The van der Waals surface area contributed by atoms with Gasteiger partial charge in [0.2, 0.25) is 0 Å². The molecule has 0 aromatic heterocycles. The van der Waals surface area contributed by atoms with Gasteiger partial charge in [-0.1, -0.05) is 47.3 Å². The van der Waals surface area contributed by atoms with Crippen molar-refractivity contribution in [2.75, 3.05) is 0 Å². The fraction of sp³-hybridized carbons (Fsp3) is 0.667. The standard InChI is InChI=1S/2C9H16O2/c1-7(2)5-4-6-8(3)9(10)11;1-5-9(10)11-8(4)6-7(2)3/h7H,3-6H2,1-2H3,(H,10,11);5,7-8H,1,6H2,2-4H3. The molecule has 1 unspecified atom stereocenters. The molecule has 0 aliphatic heterocycles. The van der Waals surface area contributed by atoms with E-state index in [0.717, 1.165) is 19.3 Å². The van der Waals surface area contributed by atoms with Gasteiger partial charge in [-0.3, -0.25) is 0 Å². The number of hydrogen-bond donors (Lipinski definition) is 1. The number of esters is 1. The topological polar surface area (TPSA) is 63.6 Å². The Labute approximate surface area is 135 Å². The molecule has 1 N–H and O–H groups in total. The summed E-state index contributed by atoms with van der Waals surface area (Å²) in [7, 11) is 0. The van der Waals surface area contributed by atoms with Gasteiger partial charge in [-0.15, -0.1) is 0 Å². The Balaban J connectivity index is 0. The van der Waals surface area contributed by atoms with Crippen molar-refractivity contribution in [2.24, 2.45) is 11.8 Å². The zero-order valence-corrected chi connectivity index (χ0v) is 14.7. The number of carboxylic acids is 1. The van der Waals surface area contributed by atoms with Gasteiger partial charge < -0.3 is 9.84 Å². The molecular weight excluding hydrogens is 280 g/mol. The predicted octanol–water partition coefficient (Wildman–Crippen LogP) is 4.60. The Bertz CT molecular complexity index is 356. The van der Waals surface area contributed by atoms with E-state index in [1.54, 1.807) is 0 Å². The van der Waals surface area contributed by atoms with Gasteiger partial charge in [0.05, 0.1) is 6.10 Å². The van der Waals surface area contributed by atoms with Gasteiger partial charge >= 0.3 is 11.9 Å². The van der Waals surface area contributed by atoms with Gasteiger partial charge in [0.1, 0.15) is 0 Å². The minimum Gasteiger partial charge on any atom is -0.478 e. The van der Waals surface area contributed by atoms with Crippen molar-refractivity contribution in [1.82, 2.24) is 0 Å². The molecule has 0 spiro atoms. The van der Waals surface area contributed by atoms with Crippen molar-refractivity contribution in [3.05, 3.63) is 24.8 Å². The number of carbonyl (C=O) groups excluding carboxylic acids is 1. The third kappa shape index (κ3) is 16.5. The quantitative estimate of drug-likeness (QED) is 0.499. The molecule has 128 valence electrons. The largest absolute Gasteiger partial charge is 0.478 e. The smallest absolute Gasteiger partial charge is 0.330 e. The highest BCUT2D eigenvalue weighted by Gasteiger charge is 2.07. The van der Waals surface area contributed by atoms with Gasteiger partial charge in [0.15, 0.2) is 0 Å². The van der Waals surface area contributed by atoms with Crippen LogP contribution >= 0.6 is 0 Å².